The number of carboxylic acids is 1. The van der Waals surface area contributed by atoms with Crippen LogP contribution >= 0.6 is 11.8 Å². The Morgan fingerprint density at radius 1 is 1.25 bits per heavy atom. The first-order valence-electron chi connectivity index (χ1n) is 6.94. The number of thioether (sulfide) groups is 1. The van der Waals surface area contributed by atoms with E-state index in [1.54, 1.807) is 0 Å². The number of carboxylic acid groups (broad SMARTS) is 1. The summed E-state index contributed by atoms with van der Waals surface area (Å²) < 4.78 is 13.0. The molecule has 1 aliphatic heterocycles. The minimum atomic E-state index is -1.15. The van der Waals surface area contributed by atoms with Gasteiger partial charge in [0.05, 0.1) is 16.5 Å². The summed E-state index contributed by atoms with van der Waals surface area (Å²) in [5, 5.41) is 8.57. The van der Waals surface area contributed by atoms with Gasteiger partial charge in [-0.3, -0.25) is 9.59 Å². The largest absolute Gasteiger partial charge is 0.478 e. The molecule has 0 radical (unpaired) electrons. The highest BCUT2D eigenvalue weighted by atomic mass is 32.2. The molecule has 1 N–H and O–H groups in total. The van der Waals surface area contributed by atoms with Crippen LogP contribution < -0.4 is 4.90 Å². The lowest BCUT2D eigenvalue weighted by Crippen LogP contribution is -2.31. The first-order valence-corrected chi connectivity index (χ1v) is 7.82. The Hall–Kier alpha value is -2.74. The summed E-state index contributed by atoms with van der Waals surface area (Å²) in [6.45, 7) is 0. The van der Waals surface area contributed by atoms with Crippen LogP contribution in [0.25, 0.3) is 0 Å². The predicted molar refractivity (Wildman–Crippen MR) is 84.4 cm³/mol. The van der Waals surface area contributed by atoms with E-state index in [4.69, 9.17) is 5.11 Å². The highest BCUT2D eigenvalue weighted by Gasteiger charge is 2.40. The van der Waals surface area contributed by atoms with Crippen molar-refractivity contribution in [2.75, 3.05) is 4.90 Å². The molecular formula is C16H11FN2O4S. The molecule has 6 nitrogen and oxygen atoms in total. The van der Waals surface area contributed by atoms with Crippen LogP contribution in [0.1, 0.15) is 16.8 Å². The number of amides is 2. The molecule has 1 aromatic heterocycles. The van der Waals surface area contributed by atoms with Crippen molar-refractivity contribution < 1.29 is 23.9 Å². The van der Waals surface area contributed by atoms with Gasteiger partial charge in [-0.2, -0.15) is 0 Å². The number of anilines is 1. The molecule has 8 heteroatoms. The lowest BCUT2D eigenvalue weighted by atomic mass is 10.3. The highest BCUT2D eigenvalue weighted by Crippen LogP contribution is 2.34. The van der Waals surface area contributed by atoms with Crippen LogP contribution in [-0.4, -0.2) is 33.1 Å². The van der Waals surface area contributed by atoms with Crippen LogP contribution in [0.15, 0.2) is 47.6 Å². The smallest absolute Gasteiger partial charge is 0.338 e. The summed E-state index contributed by atoms with van der Waals surface area (Å²) in [6, 6.07) is 7.90. The minimum Gasteiger partial charge on any atom is -0.478 e. The summed E-state index contributed by atoms with van der Waals surface area (Å²) in [6.07, 6.45) is 1.35. The van der Waals surface area contributed by atoms with Crippen LogP contribution in [-0.2, 0) is 9.59 Å². The normalized spacial score (nSPS) is 17.4. The summed E-state index contributed by atoms with van der Waals surface area (Å²) in [5.41, 5.74) is 0.261. The Morgan fingerprint density at radius 3 is 2.62 bits per heavy atom. The molecule has 0 spiro atoms. The van der Waals surface area contributed by atoms with Crippen LogP contribution in [0.5, 0.6) is 0 Å². The van der Waals surface area contributed by atoms with Gasteiger partial charge in [0.15, 0.2) is 0 Å². The number of rotatable bonds is 4. The number of carbonyl (C=O) groups excluding carboxylic acids is 2. The number of nitrogens with zero attached hydrogens (tertiary/aromatic N) is 2. The second-order valence-electron chi connectivity index (χ2n) is 5.02. The van der Waals surface area contributed by atoms with Crippen LogP contribution in [0.4, 0.5) is 10.1 Å². The number of carbonyl (C=O) groups is 3. The maximum atomic E-state index is 13.0. The number of aromatic carboxylic acids is 1. The average Bonchev–Trinajstić information content (AvgIpc) is 2.83. The van der Waals surface area contributed by atoms with Gasteiger partial charge in [-0.25, -0.2) is 19.1 Å². The Kier molecular flexibility index (Phi) is 4.30. The third-order valence-corrected chi connectivity index (χ3v) is 4.65. The molecule has 0 saturated carbocycles. The standard InChI is InChI=1S/C16H11FN2O4S/c17-9-3-5-10(6-4-9)19-13(20)8-12(15(19)21)24-14-11(16(22)23)2-1-7-18-14/h1-7,12H,8H2,(H,22,23). The van der Waals surface area contributed by atoms with Crippen molar-refractivity contribution in [3.05, 3.63) is 54.0 Å². The molecule has 1 unspecified atom stereocenters. The lowest BCUT2D eigenvalue weighted by molar-refractivity contribution is -0.121. The zero-order valence-corrected chi connectivity index (χ0v) is 13.0. The molecule has 1 saturated heterocycles. The van der Waals surface area contributed by atoms with Crippen LogP contribution in [0, 0.1) is 5.82 Å². The molecule has 0 bridgehead atoms. The molecule has 1 fully saturated rings. The summed E-state index contributed by atoms with van der Waals surface area (Å²) in [7, 11) is 0. The quantitative estimate of drug-likeness (QED) is 0.855. The maximum absolute atomic E-state index is 13.0. The Bertz CT molecular complexity index is 825. The molecule has 3 rings (SSSR count). The van der Waals surface area contributed by atoms with Crippen molar-refractivity contribution in [2.24, 2.45) is 0 Å². The molecule has 1 aromatic carbocycles. The number of pyridine rings is 1. The minimum absolute atomic E-state index is 0.0250. The van der Waals surface area contributed by atoms with E-state index in [0.29, 0.717) is 0 Å². The van der Waals surface area contributed by atoms with Crippen molar-refractivity contribution in [1.82, 2.24) is 4.98 Å². The van der Waals surface area contributed by atoms with Gasteiger partial charge in [-0.05, 0) is 36.4 Å². The van der Waals surface area contributed by atoms with E-state index in [1.165, 1.54) is 30.5 Å². The fraction of sp³-hybridized carbons (Fsp3) is 0.125. The molecule has 0 aliphatic carbocycles. The maximum Gasteiger partial charge on any atom is 0.338 e. The van der Waals surface area contributed by atoms with E-state index < -0.39 is 28.9 Å². The highest BCUT2D eigenvalue weighted by molar-refractivity contribution is 8.00. The topological polar surface area (TPSA) is 87.6 Å². The van der Waals surface area contributed by atoms with Crippen molar-refractivity contribution >= 4 is 35.2 Å². The van der Waals surface area contributed by atoms with E-state index in [-0.39, 0.29) is 22.7 Å². The summed E-state index contributed by atoms with van der Waals surface area (Å²) in [4.78, 5) is 40.8. The van der Waals surface area contributed by atoms with Gasteiger partial charge >= 0.3 is 5.97 Å². The van der Waals surface area contributed by atoms with Gasteiger partial charge < -0.3 is 5.11 Å². The van der Waals surface area contributed by atoms with Gasteiger partial charge in [0.2, 0.25) is 11.8 Å². The van der Waals surface area contributed by atoms with Crippen molar-refractivity contribution in [3.63, 3.8) is 0 Å². The third kappa shape index (κ3) is 3.00. The summed E-state index contributed by atoms with van der Waals surface area (Å²) in [5.74, 6) is -2.52. The fourth-order valence-electron chi connectivity index (χ4n) is 2.34. The van der Waals surface area contributed by atoms with Gasteiger partial charge in [-0.1, -0.05) is 11.8 Å². The molecule has 24 heavy (non-hydrogen) atoms. The molecule has 1 atom stereocenters. The van der Waals surface area contributed by atoms with E-state index in [1.807, 2.05) is 0 Å². The predicted octanol–water partition coefficient (Wildman–Crippen LogP) is 2.34. The number of halogens is 1. The van der Waals surface area contributed by atoms with E-state index >= 15 is 0 Å². The SMILES string of the molecule is O=C(O)c1cccnc1SC1CC(=O)N(c2ccc(F)cc2)C1=O. The van der Waals surface area contributed by atoms with E-state index in [0.717, 1.165) is 28.8 Å². The second-order valence-corrected chi connectivity index (χ2v) is 6.21. The van der Waals surface area contributed by atoms with Crippen molar-refractivity contribution in [3.8, 4) is 0 Å². The Balaban J connectivity index is 1.85. The van der Waals surface area contributed by atoms with Crippen LogP contribution in [0.3, 0.4) is 0 Å². The first-order chi connectivity index (χ1) is 11.5. The van der Waals surface area contributed by atoms with Gasteiger partial charge in [0.25, 0.3) is 0 Å². The monoisotopic (exact) mass is 346 g/mol. The molecule has 1 aliphatic rings. The zero-order valence-electron chi connectivity index (χ0n) is 12.2. The van der Waals surface area contributed by atoms with Crippen molar-refractivity contribution in [2.45, 2.75) is 16.7 Å². The Labute approximate surface area is 140 Å². The van der Waals surface area contributed by atoms with Crippen molar-refractivity contribution in [1.29, 1.82) is 0 Å². The number of hydrogen-bond donors (Lipinski definition) is 1. The molecule has 2 aromatic rings. The zero-order chi connectivity index (χ0) is 17.3. The number of imide groups is 1. The lowest BCUT2D eigenvalue weighted by Gasteiger charge is -2.15. The fourth-order valence-corrected chi connectivity index (χ4v) is 3.45. The molecule has 2 heterocycles. The van der Waals surface area contributed by atoms with Gasteiger partial charge in [-0.15, -0.1) is 0 Å². The number of hydrogen-bond acceptors (Lipinski definition) is 5. The van der Waals surface area contributed by atoms with Gasteiger partial charge in [0.1, 0.15) is 10.8 Å². The second kappa shape index (κ2) is 6.40. The summed E-state index contributed by atoms with van der Waals surface area (Å²) >= 11 is 0.942. The first kappa shape index (κ1) is 16.1. The molecule has 122 valence electrons. The molecular weight excluding hydrogens is 335 g/mol. The van der Waals surface area contributed by atoms with Crippen LogP contribution in [0.2, 0.25) is 0 Å². The number of aromatic nitrogens is 1. The average molecular weight is 346 g/mol. The third-order valence-electron chi connectivity index (χ3n) is 3.45. The van der Waals surface area contributed by atoms with E-state index in [9.17, 15) is 18.8 Å². The van der Waals surface area contributed by atoms with E-state index in [2.05, 4.69) is 4.98 Å². The number of benzene rings is 1. The molecule has 2 amide bonds. The Morgan fingerprint density at radius 2 is 1.96 bits per heavy atom. The van der Waals surface area contributed by atoms with Gasteiger partial charge in [0, 0.05) is 12.6 Å².